The number of piperazine rings is 1. The first-order chi connectivity index (χ1) is 15.7. The van der Waals surface area contributed by atoms with Gasteiger partial charge in [0.2, 0.25) is 0 Å². The number of fused-ring (bicyclic) bond motifs is 1. The number of hydrogen-bond acceptors (Lipinski definition) is 6. The smallest absolute Gasteiger partial charge is 0.409 e. The number of ether oxygens (including phenoxy) is 1. The fraction of sp³-hybridized carbons (Fsp3) is 0.963. The van der Waals surface area contributed by atoms with Crippen LogP contribution < -0.4 is 0 Å². The Hall–Kier alpha value is -0.890. The average Bonchev–Trinajstić information content (AvgIpc) is 2.72. The van der Waals surface area contributed by atoms with E-state index in [1.165, 1.54) is 12.8 Å². The molecular formula is C27H50N2O5. The lowest BCUT2D eigenvalue weighted by molar-refractivity contribution is -0.176. The normalized spacial score (nSPS) is 36.9. The second-order valence-corrected chi connectivity index (χ2v) is 12.7. The predicted octanol–water partition coefficient (Wildman–Crippen LogP) is 3.65. The van der Waals surface area contributed by atoms with Crippen LogP contribution in [0.4, 0.5) is 4.79 Å². The van der Waals surface area contributed by atoms with Crippen molar-refractivity contribution in [2.75, 3.05) is 39.3 Å². The number of aliphatic hydroxyl groups is 3. The van der Waals surface area contributed by atoms with Gasteiger partial charge >= 0.3 is 6.09 Å². The molecule has 3 aliphatic rings. The van der Waals surface area contributed by atoms with Crippen molar-refractivity contribution in [3.05, 3.63) is 0 Å². The number of β-amino-alcohol motifs (C(OH)–C–C–N with tert-alkyl or cyclic N) is 1. The Morgan fingerprint density at radius 2 is 1.76 bits per heavy atom. The first-order valence-electron chi connectivity index (χ1n) is 13.5. The van der Waals surface area contributed by atoms with Crippen LogP contribution in [0.25, 0.3) is 0 Å². The molecule has 0 bridgehead atoms. The Labute approximate surface area is 206 Å². The summed E-state index contributed by atoms with van der Waals surface area (Å²) in [5.41, 5.74) is -1.66. The second kappa shape index (κ2) is 10.2. The van der Waals surface area contributed by atoms with Crippen LogP contribution in [0, 0.1) is 22.7 Å². The van der Waals surface area contributed by atoms with Crippen molar-refractivity contribution < 1.29 is 24.9 Å². The minimum atomic E-state index is -1.23. The standard InChI is InChI=1S/C27H50N2O5/c1-7-34-23(31)29-17-15-28(16-18-29)19-22(30)27(6,33)14-10-21-25(4)12-8-11-24(2,3)20(25)9-13-26(21,5)32/h20-22,30,32-33H,7-19H2,1-6H3/t20-,21-,22+,25+,26-,27-/m1/s1. The van der Waals surface area contributed by atoms with Crippen molar-refractivity contribution in [3.63, 3.8) is 0 Å². The molecule has 7 nitrogen and oxygen atoms in total. The summed E-state index contributed by atoms with van der Waals surface area (Å²) in [7, 11) is 0. The Bertz CT molecular complexity index is 701. The van der Waals surface area contributed by atoms with Crippen LogP contribution in [0.3, 0.4) is 0 Å². The van der Waals surface area contributed by atoms with E-state index in [1.54, 1.807) is 18.7 Å². The van der Waals surface area contributed by atoms with Gasteiger partial charge in [-0.3, -0.25) is 4.90 Å². The van der Waals surface area contributed by atoms with Gasteiger partial charge in [-0.05, 0) is 82.0 Å². The van der Waals surface area contributed by atoms with Gasteiger partial charge in [-0.1, -0.05) is 27.2 Å². The van der Waals surface area contributed by atoms with E-state index in [1.807, 2.05) is 6.92 Å². The van der Waals surface area contributed by atoms with E-state index >= 15 is 0 Å². The first-order valence-corrected chi connectivity index (χ1v) is 13.5. The molecule has 3 N–H and O–H groups in total. The molecule has 2 saturated carbocycles. The number of carbonyl (C=O) groups is 1. The molecule has 3 rings (SSSR count). The van der Waals surface area contributed by atoms with E-state index in [0.717, 1.165) is 19.3 Å². The summed E-state index contributed by atoms with van der Waals surface area (Å²) in [6.45, 7) is 15.8. The minimum absolute atomic E-state index is 0.0496. The fourth-order valence-corrected chi connectivity index (χ4v) is 7.64. The average molecular weight is 483 g/mol. The zero-order chi connectivity index (χ0) is 25.4. The summed E-state index contributed by atoms with van der Waals surface area (Å²) >= 11 is 0. The SMILES string of the molecule is CCOC(=O)N1CCN(C[C@H](O)[C@](C)(O)CC[C@@H]2[C@@]3(C)CCCC(C)(C)[C@H]3CC[C@@]2(C)O)CC1. The number of amides is 1. The van der Waals surface area contributed by atoms with Gasteiger partial charge in [0.05, 0.1) is 23.9 Å². The summed E-state index contributed by atoms with van der Waals surface area (Å²) in [6, 6.07) is 0. The van der Waals surface area contributed by atoms with Crippen molar-refractivity contribution in [1.82, 2.24) is 9.80 Å². The van der Waals surface area contributed by atoms with Gasteiger partial charge in [0.1, 0.15) is 0 Å². The van der Waals surface area contributed by atoms with Gasteiger partial charge < -0.3 is 25.0 Å². The Balaban J connectivity index is 1.59. The monoisotopic (exact) mass is 482 g/mol. The Morgan fingerprint density at radius 1 is 1.12 bits per heavy atom. The number of nitrogens with zero attached hydrogens (tertiary/aromatic N) is 2. The van der Waals surface area contributed by atoms with E-state index in [0.29, 0.717) is 58.1 Å². The zero-order valence-electron chi connectivity index (χ0n) is 22.5. The van der Waals surface area contributed by atoms with E-state index < -0.39 is 17.3 Å². The molecule has 0 aromatic heterocycles. The van der Waals surface area contributed by atoms with E-state index in [4.69, 9.17) is 4.74 Å². The van der Waals surface area contributed by atoms with Gasteiger partial charge in [-0.15, -0.1) is 0 Å². The Kier molecular flexibility index (Phi) is 8.33. The van der Waals surface area contributed by atoms with Gasteiger partial charge in [0.15, 0.2) is 0 Å². The maximum Gasteiger partial charge on any atom is 0.409 e. The molecule has 198 valence electrons. The second-order valence-electron chi connectivity index (χ2n) is 12.7. The zero-order valence-corrected chi connectivity index (χ0v) is 22.5. The van der Waals surface area contributed by atoms with E-state index in [2.05, 4.69) is 25.7 Å². The quantitative estimate of drug-likeness (QED) is 0.513. The highest BCUT2D eigenvalue weighted by Crippen LogP contribution is 2.63. The summed E-state index contributed by atoms with van der Waals surface area (Å²) in [5, 5.41) is 33.7. The van der Waals surface area contributed by atoms with Crippen molar-refractivity contribution in [2.45, 2.75) is 104 Å². The molecule has 1 saturated heterocycles. The minimum Gasteiger partial charge on any atom is -0.450 e. The topological polar surface area (TPSA) is 93.5 Å². The molecule has 1 aliphatic heterocycles. The van der Waals surface area contributed by atoms with Crippen molar-refractivity contribution in [3.8, 4) is 0 Å². The van der Waals surface area contributed by atoms with E-state index in [9.17, 15) is 20.1 Å². The lowest BCUT2D eigenvalue weighted by Gasteiger charge is -2.61. The highest BCUT2D eigenvalue weighted by atomic mass is 16.6. The summed E-state index contributed by atoms with van der Waals surface area (Å²) in [5.74, 6) is 0.676. The fourth-order valence-electron chi connectivity index (χ4n) is 7.64. The highest BCUT2D eigenvalue weighted by molar-refractivity contribution is 5.67. The molecule has 2 aliphatic carbocycles. The number of hydrogen-bond donors (Lipinski definition) is 3. The summed E-state index contributed by atoms with van der Waals surface area (Å²) < 4.78 is 5.08. The molecule has 7 heteroatoms. The molecule has 0 aromatic carbocycles. The molecule has 3 fully saturated rings. The van der Waals surface area contributed by atoms with Crippen LogP contribution in [0.2, 0.25) is 0 Å². The molecule has 0 radical (unpaired) electrons. The van der Waals surface area contributed by atoms with Crippen LogP contribution in [0.1, 0.15) is 86.5 Å². The van der Waals surface area contributed by atoms with Gasteiger partial charge in [-0.2, -0.15) is 0 Å². The van der Waals surface area contributed by atoms with Crippen LogP contribution >= 0.6 is 0 Å². The summed E-state index contributed by atoms with van der Waals surface area (Å²) in [4.78, 5) is 15.7. The third-order valence-corrected chi connectivity index (χ3v) is 9.75. The maximum absolute atomic E-state index is 11.9. The maximum atomic E-state index is 11.9. The first kappa shape index (κ1) is 27.7. The van der Waals surface area contributed by atoms with Crippen molar-refractivity contribution >= 4 is 6.09 Å². The highest BCUT2D eigenvalue weighted by Gasteiger charge is 2.58. The van der Waals surface area contributed by atoms with Crippen LogP contribution in [-0.4, -0.2) is 87.8 Å². The molecule has 1 heterocycles. The van der Waals surface area contributed by atoms with Crippen LogP contribution in [-0.2, 0) is 4.74 Å². The van der Waals surface area contributed by atoms with Crippen LogP contribution in [0.5, 0.6) is 0 Å². The molecule has 0 spiro atoms. The molecule has 6 atom stereocenters. The number of rotatable bonds is 7. The lowest BCUT2D eigenvalue weighted by atomic mass is 9.45. The number of carbonyl (C=O) groups excluding carboxylic acids is 1. The summed E-state index contributed by atoms with van der Waals surface area (Å²) in [6.07, 6.45) is 5.40. The third kappa shape index (κ3) is 5.74. The third-order valence-electron chi connectivity index (χ3n) is 9.75. The van der Waals surface area contributed by atoms with Gasteiger partial charge in [0.25, 0.3) is 0 Å². The van der Waals surface area contributed by atoms with Gasteiger partial charge in [-0.25, -0.2) is 4.79 Å². The van der Waals surface area contributed by atoms with Crippen molar-refractivity contribution in [1.29, 1.82) is 0 Å². The van der Waals surface area contributed by atoms with E-state index in [-0.39, 0.29) is 22.8 Å². The van der Waals surface area contributed by atoms with Crippen molar-refractivity contribution in [2.24, 2.45) is 22.7 Å². The predicted molar refractivity (Wildman–Crippen MR) is 133 cm³/mol. The largest absolute Gasteiger partial charge is 0.450 e. The Morgan fingerprint density at radius 3 is 2.38 bits per heavy atom. The molecule has 1 amide bonds. The molecular weight excluding hydrogens is 432 g/mol. The number of aliphatic hydroxyl groups excluding tert-OH is 1. The van der Waals surface area contributed by atoms with Gasteiger partial charge in [0, 0.05) is 32.7 Å². The molecule has 0 aromatic rings. The molecule has 34 heavy (non-hydrogen) atoms. The lowest BCUT2D eigenvalue weighted by Crippen LogP contribution is -2.58. The van der Waals surface area contributed by atoms with Crippen LogP contribution in [0.15, 0.2) is 0 Å². The molecule has 0 unspecified atom stereocenters.